The van der Waals surface area contributed by atoms with Crippen LogP contribution in [0.1, 0.15) is 33.6 Å². The van der Waals surface area contributed by atoms with E-state index in [1.54, 1.807) is 0 Å². The van der Waals surface area contributed by atoms with Gasteiger partial charge in [0.05, 0.1) is 6.61 Å². The lowest BCUT2D eigenvalue weighted by Crippen LogP contribution is -2.35. The molecule has 0 saturated heterocycles. The summed E-state index contributed by atoms with van der Waals surface area (Å²) >= 11 is 0. The second-order valence-corrected chi connectivity index (χ2v) is 3.60. The van der Waals surface area contributed by atoms with Crippen molar-refractivity contribution < 1.29 is 4.74 Å². The van der Waals surface area contributed by atoms with Gasteiger partial charge in [-0.2, -0.15) is 0 Å². The molecule has 1 aliphatic rings. The summed E-state index contributed by atoms with van der Waals surface area (Å²) in [5.74, 6) is 0.878. The largest absolute Gasteiger partial charge is 0.363 e. The van der Waals surface area contributed by atoms with E-state index in [1.807, 2.05) is 0 Å². The van der Waals surface area contributed by atoms with Gasteiger partial charge in [-0.1, -0.05) is 13.8 Å². The van der Waals surface area contributed by atoms with Gasteiger partial charge in [0, 0.05) is 0 Å². The maximum Gasteiger partial charge on any atom is 0.107 e. The van der Waals surface area contributed by atoms with E-state index in [-0.39, 0.29) is 0 Å². The van der Waals surface area contributed by atoms with E-state index >= 15 is 0 Å². The molecule has 1 atom stereocenters. The summed E-state index contributed by atoms with van der Waals surface area (Å²) in [7, 11) is 0. The Labute approximate surface area is 75.9 Å². The minimum absolute atomic E-state index is 0.306. The smallest absolute Gasteiger partial charge is 0.107 e. The second-order valence-electron chi connectivity index (χ2n) is 3.60. The zero-order valence-electron chi connectivity index (χ0n) is 8.55. The van der Waals surface area contributed by atoms with Crippen molar-refractivity contribution in [3.63, 3.8) is 0 Å². The van der Waals surface area contributed by atoms with Crippen molar-refractivity contribution in [3.05, 3.63) is 0 Å². The standard InChI is InChI=1S/C10H21NO/c1-4-11(5-2)9(3)12-8-10-6-7-10/h9-10H,4-8H2,1-3H3. The molecule has 1 aliphatic carbocycles. The monoisotopic (exact) mass is 171 g/mol. The minimum atomic E-state index is 0.306. The van der Waals surface area contributed by atoms with Gasteiger partial charge >= 0.3 is 0 Å². The van der Waals surface area contributed by atoms with E-state index in [0.717, 1.165) is 25.6 Å². The van der Waals surface area contributed by atoms with Crippen LogP contribution in [0.15, 0.2) is 0 Å². The molecule has 0 amide bonds. The van der Waals surface area contributed by atoms with Crippen LogP contribution in [0.3, 0.4) is 0 Å². The molecule has 0 heterocycles. The molecule has 0 aliphatic heterocycles. The van der Waals surface area contributed by atoms with Crippen molar-refractivity contribution in [1.29, 1.82) is 0 Å². The maximum atomic E-state index is 5.74. The predicted octanol–water partition coefficient (Wildman–Crippen LogP) is 2.10. The lowest BCUT2D eigenvalue weighted by Gasteiger charge is -2.26. The lowest BCUT2D eigenvalue weighted by atomic mass is 10.4. The highest BCUT2D eigenvalue weighted by atomic mass is 16.5. The minimum Gasteiger partial charge on any atom is -0.363 e. The Bertz CT molecular complexity index is 119. The fraction of sp³-hybridized carbons (Fsp3) is 1.00. The van der Waals surface area contributed by atoms with E-state index in [9.17, 15) is 0 Å². The third-order valence-electron chi connectivity index (χ3n) is 2.60. The highest BCUT2D eigenvalue weighted by Crippen LogP contribution is 2.29. The molecule has 12 heavy (non-hydrogen) atoms. The van der Waals surface area contributed by atoms with Gasteiger partial charge in [0.1, 0.15) is 6.23 Å². The summed E-state index contributed by atoms with van der Waals surface area (Å²) in [4.78, 5) is 2.34. The van der Waals surface area contributed by atoms with Gasteiger partial charge in [0.25, 0.3) is 0 Å². The zero-order chi connectivity index (χ0) is 8.97. The molecule has 1 fully saturated rings. The SMILES string of the molecule is CCN(CC)C(C)OCC1CC1. The molecule has 0 aromatic carbocycles. The zero-order valence-corrected chi connectivity index (χ0v) is 8.55. The second kappa shape index (κ2) is 4.83. The molecule has 1 unspecified atom stereocenters. The summed E-state index contributed by atoms with van der Waals surface area (Å²) in [6.45, 7) is 9.65. The van der Waals surface area contributed by atoms with Crippen LogP contribution in [-0.2, 0) is 4.74 Å². The Kier molecular flexibility index (Phi) is 4.02. The van der Waals surface area contributed by atoms with Crippen LogP contribution < -0.4 is 0 Å². The first kappa shape index (κ1) is 10.0. The molecule has 72 valence electrons. The number of ether oxygens (including phenoxy) is 1. The Balaban J connectivity index is 2.10. The van der Waals surface area contributed by atoms with Crippen LogP contribution in [0.25, 0.3) is 0 Å². The van der Waals surface area contributed by atoms with Crippen LogP contribution in [-0.4, -0.2) is 30.8 Å². The average Bonchev–Trinajstić information content (AvgIpc) is 2.86. The fourth-order valence-electron chi connectivity index (χ4n) is 1.40. The first-order valence-electron chi connectivity index (χ1n) is 5.13. The molecule has 0 aromatic heterocycles. The van der Waals surface area contributed by atoms with Gasteiger partial charge in [-0.15, -0.1) is 0 Å². The van der Waals surface area contributed by atoms with Crippen molar-refractivity contribution in [2.75, 3.05) is 19.7 Å². The van der Waals surface area contributed by atoms with Gasteiger partial charge in [-0.3, -0.25) is 4.90 Å². The Morgan fingerprint density at radius 2 is 1.92 bits per heavy atom. The Morgan fingerprint density at radius 3 is 2.33 bits per heavy atom. The van der Waals surface area contributed by atoms with Gasteiger partial charge < -0.3 is 4.74 Å². The number of rotatable bonds is 6. The number of hydrogen-bond acceptors (Lipinski definition) is 2. The van der Waals surface area contributed by atoms with Crippen LogP contribution in [0.5, 0.6) is 0 Å². The normalized spacial score (nSPS) is 20.0. The van der Waals surface area contributed by atoms with Gasteiger partial charge in [-0.05, 0) is 38.8 Å². The van der Waals surface area contributed by atoms with E-state index in [4.69, 9.17) is 4.74 Å². The van der Waals surface area contributed by atoms with E-state index in [0.29, 0.717) is 6.23 Å². The third-order valence-corrected chi connectivity index (χ3v) is 2.60. The van der Waals surface area contributed by atoms with Crippen molar-refractivity contribution in [1.82, 2.24) is 4.90 Å². The summed E-state index contributed by atoms with van der Waals surface area (Å²) in [5.41, 5.74) is 0. The van der Waals surface area contributed by atoms with E-state index < -0.39 is 0 Å². The van der Waals surface area contributed by atoms with Crippen molar-refractivity contribution >= 4 is 0 Å². The molecule has 1 rings (SSSR count). The number of nitrogens with zero attached hydrogens (tertiary/aromatic N) is 1. The molecule has 2 nitrogen and oxygen atoms in total. The van der Waals surface area contributed by atoms with Crippen LogP contribution in [0.4, 0.5) is 0 Å². The summed E-state index contributed by atoms with van der Waals surface area (Å²) < 4.78 is 5.74. The molecular weight excluding hydrogens is 150 g/mol. The quantitative estimate of drug-likeness (QED) is 0.567. The Morgan fingerprint density at radius 1 is 1.33 bits per heavy atom. The molecule has 0 spiro atoms. The van der Waals surface area contributed by atoms with Crippen LogP contribution in [0, 0.1) is 5.92 Å². The molecule has 0 N–H and O–H groups in total. The molecule has 2 heteroatoms. The fourth-order valence-corrected chi connectivity index (χ4v) is 1.40. The summed E-state index contributed by atoms with van der Waals surface area (Å²) in [6.07, 6.45) is 3.07. The number of hydrogen-bond donors (Lipinski definition) is 0. The van der Waals surface area contributed by atoms with Crippen molar-refractivity contribution in [2.24, 2.45) is 5.92 Å². The first-order valence-corrected chi connectivity index (χ1v) is 5.13. The van der Waals surface area contributed by atoms with Crippen molar-refractivity contribution in [3.8, 4) is 0 Å². The third kappa shape index (κ3) is 3.11. The van der Waals surface area contributed by atoms with Crippen molar-refractivity contribution in [2.45, 2.75) is 39.8 Å². The maximum absolute atomic E-state index is 5.74. The van der Waals surface area contributed by atoms with E-state index in [1.165, 1.54) is 12.8 Å². The van der Waals surface area contributed by atoms with Gasteiger partial charge in [0.15, 0.2) is 0 Å². The molecule has 1 saturated carbocycles. The molecule has 0 aromatic rings. The molecular formula is C10H21NO. The van der Waals surface area contributed by atoms with Crippen LogP contribution >= 0.6 is 0 Å². The van der Waals surface area contributed by atoms with Crippen LogP contribution in [0.2, 0.25) is 0 Å². The lowest BCUT2D eigenvalue weighted by molar-refractivity contribution is -0.0469. The highest BCUT2D eigenvalue weighted by Gasteiger charge is 2.23. The van der Waals surface area contributed by atoms with Gasteiger partial charge in [0.2, 0.25) is 0 Å². The molecule has 0 bridgehead atoms. The molecule has 0 radical (unpaired) electrons. The summed E-state index contributed by atoms with van der Waals surface area (Å²) in [6, 6.07) is 0. The van der Waals surface area contributed by atoms with E-state index in [2.05, 4.69) is 25.7 Å². The van der Waals surface area contributed by atoms with Gasteiger partial charge in [-0.25, -0.2) is 0 Å². The highest BCUT2D eigenvalue weighted by molar-refractivity contribution is 4.72. The predicted molar refractivity (Wildman–Crippen MR) is 51.1 cm³/mol. The summed E-state index contributed by atoms with van der Waals surface area (Å²) in [5, 5.41) is 0. The Hall–Kier alpha value is -0.0800. The topological polar surface area (TPSA) is 12.5 Å². The first-order chi connectivity index (χ1) is 5.77. The average molecular weight is 171 g/mol.